The number of hydrogen-bond acceptors (Lipinski definition) is 1. The molecule has 0 atom stereocenters. The molecule has 0 aliphatic carbocycles. The molecule has 0 aliphatic heterocycles. The van der Waals surface area contributed by atoms with Gasteiger partial charge in [-0.05, 0) is 9.05 Å². The molecule has 0 amide bonds. The van der Waals surface area contributed by atoms with Gasteiger partial charge in [-0.3, -0.25) is 0 Å². The summed E-state index contributed by atoms with van der Waals surface area (Å²) >= 11 is 0. The van der Waals surface area contributed by atoms with Crippen LogP contribution in [0.3, 0.4) is 0 Å². The third-order valence-electron chi connectivity index (χ3n) is 0. The second-order valence-electron chi connectivity index (χ2n) is 0.0583. The Kier molecular flexibility index (Phi) is 22.5. The molecule has 0 unspecified atom stereocenters. The maximum atomic E-state index is 9.12. The van der Waals surface area contributed by atoms with E-state index in [4.69, 9.17) is 9.05 Å². The summed E-state index contributed by atoms with van der Waals surface area (Å²) in [7, 11) is 0. The van der Waals surface area contributed by atoms with Crippen molar-refractivity contribution < 1.29 is 31.3 Å². The van der Waals surface area contributed by atoms with E-state index in [2.05, 4.69) is 0 Å². The van der Waals surface area contributed by atoms with Crippen LogP contribution in [0.2, 0.25) is 0 Å². The molecule has 0 aliphatic rings. The first-order valence-corrected chi connectivity index (χ1v) is 0.309. The molecule has 0 fully saturated rings. The Bertz CT molecular complexity index is 6.00. The van der Waals surface area contributed by atoms with Crippen molar-refractivity contribution >= 4 is 0 Å². The molecule has 31 valence electrons. The Labute approximate surface area is 32.2 Å². The molecule has 4 heteroatoms. The quantitative estimate of drug-likeness (QED) is 0.426. The average Bonchev–Trinajstić information content (AvgIpc) is 0.918. The standard InChI is InChI=1S/Cu.F2O/c;1-3-2. The van der Waals surface area contributed by atoms with Gasteiger partial charge in [-0.25, -0.2) is 0 Å². The molecule has 0 saturated heterocycles. The average molecular weight is 118 g/mol. The van der Waals surface area contributed by atoms with Gasteiger partial charge in [-0.2, -0.15) is 0 Å². The van der Waals surface area contributed by atoms with Crippen LogP contribution in [0.1, 0.15) is 0 Å². The van der Waals surface area contributed by atoms with Gasteiger partial charge in [0.25, 0.3) is 0 Å². The normalized spacial score (nSPS) is 4.50. The van der Waals surface area contributed by atoms with Crippen LogP contribution >= 0.6 is 0 Å². The number of rotatable bonds is 0. The molecule has 0 bridgehead atoms. The minimum atomic E-state index is 0. The predicted molar refractivity (Wildman–Crippen MR) is 3.30 cm³/mol. The Hall–Kier alpha value is 0.339. The third-order valence-corrected chi connectivity index (χ3v) is 0. The Morgan fingerprint density at radius 2 is 1.25 bits per heavy atom. The molecule has 0 aromatic carbocycles. The van der Waals surface area contributed by atoms with Gasteiger partial charge in [0, 0.05) is 22.2 Å². The van der Waals surface area contributed by atoms with Crippen molar-refractivity contribution in [3.63, 3.8) is 0 Å². The van der Waals surface area contributed by atoms with Crippen molar-refractivity contribution in [1.29, 1.82) is 0 Å². The van der Waals surface area contributed by atoms with Crippen molar-refractivity contribution in [2.45, 2.75) is 0 Å². The van der Waals surface area contributed by atoms with E-state index >= 15 is 0 Å². The fourth-order valence-corrected chi connectivity index (χ4v) is 0. The van der Waals surface area contributed by atoms with Gasteiger partial charge in [0.15, 0.2) is 0 Å². The van der Waals surface area contributed by atoms with E-state index in [0.29, 0.717) is 0 Å². The first-order valence-electron chi connectivity index (χ1n) is 0.309. The summed E-state index contributed by atoms with van der Waals surface area (Å²) in [4.78, 5) is 0. The maximum absolute atomic E-state index is 9.12. The molecule has 0 saturated carbocycles. The first kappa shape index (κ1) is 8.84. The van der Waals surface area contributed by atoms with E-state index in [0.717, 1.165) is 0 Å². The molecule has 0 N–H and O–H groups in total. The molecule has 0 heterocycles. The fraction of sp³-hybridized carbons (Fsp3) is 0. The van der Waals surface area contributed by atoms with E-state index in [-0.39, 0.29) is 17.1 Å². The third kappa shape index (κ3) is 36.4. The van der Waals surface area contributed by atoms with Gasteiger partial charge >= 0.3 is 0 Å². The van der Waals surface area contributed by atoms with Crippen molar-refractivity contribution in [3.05, 3.63) is 0 Å². The fourth-order valence-electron chi connectivity index (χ4n) is 0. The van der Waals surface area contributed by atoms with Crippen LogP contribution in [0, 0.1) is 0 Å². The van der Waals surface area contributed by atoms with Crippen LogP contribution in [0.5, 0.6) is 0 Å². The van der Waals surface area contributed by atoms with E-state index in [9.17, 15) is 0 Å². The predicted octanol–water partition coefficient (Wildman–Crippen LogP) is 0.770. The van der Waals surface area contributed by atoms with E-state index in [1.54, 1.807) is 0 Å². The number of halogens is 2. The monoisotopic (exact) mass is 117 g/mol. The van der Waals surface area contributed by atoms with Crippen LogP contribution < -0.4 is 0 Å². The SMILES string of the molecule is FOF.[Cu]. The molecule has 0 spiro atoms. The molecular weight excluding hydrogens is 118 g/mol. The number of hydrogen-bond donors (Lipinski definition) is 0. The van der Waals surface area contributed by atoms with Crippen LogP contribution in [0.25, 0.3) is 0 Å². The second kappa shape index (κ2) is 10.2. The molecule has 0 aromatic heterocycles. The molecule has 0 aromatic rings. The van der Waals surface area contributed by atoms with Crippen molar-refractivity contribution in [2.24, 2.45) is 0 Å². The smallest absolute Gasteiger partial charge is 0.0104 e. The summed E-state index contributed by atoms with van der Waals surface area (Å²) in [5.74, 6) is 0. The van der Waals surface area contributed by atoms with E-state index < -0.39 is 0 Å². The summed E-state index contributed by atoms with van der Waals surface area (Å²) in [6.45, 7) is 0. The minimum absolute atomic E-state index is 0. The molecule has 1 nitrogen and oxygen atoms in total. The van der Waals surface area contributed by atoms with Gasteiger partial charge in [0.1, 0.15) is 0 Å². The zero-order valence-electron chi connectivity index (χ0n) is 1.47. The topological polar surface area (TPSA) is 9.23 Å². The minimum Gasteiger partial charge on any atom is -0.0104 e. The Morgan fingerprint density at radius 3 is 1.25 bits per heavy atom. The van der Waals surface area contributed by atoms with Gasteiger partial charge in [-0.15, -0.1) is 0 Å². The first-order chi connectivity index (χ1) is 1.41. The van der Waals surface area contributed by atoms with Gasteiger partial charge < -0.3 is 0 Å². The molecule has 4 heavy (non-hydrogen) atoms. The molecular formula is CuF2O. The maximum Gasteiger partial charge on any atom is 0.0209 e. The van der Waals surface area contributed by atoms with Gasteiger partial charge in [-0.1, -0.05) is 0 Å². The summed E-state index contributed by atoms with van der Waals surface area (Å²) in [5.41, 5.74) is 0. The van der Waals surface area contributed by atoms with Crippen LogP contribution in [0.15, 0.2) is 0 Å². The molecule has 1 radical (unpaired) electrons. The van der Waals surface area contributed by atoms with Crippen LogP contribution in [-0.2, 0) is 22.2 Å². The van der Waals surface area contributed by atoms with Gasteiger partial charge in [0.2, 0.25) is 0 Å². The van der Waals surface area contributed by atoms with Crippen LogP contribution in [0.4, 0.5) is 9.05 Å². The summed E-state index contributed by atoms with van der Waals surface area (Å²) < 4.78 is 18.2. The summed E-state index contributed by atoms with van der Waals surface area (Å²) in [6.07, 6.45) is 0. The zero-order chi connectivity index (χ0) is 2.71. The Morgan fingerprint density at radius 1 is 1.25 bits per heavy atom. The van der Waals surface area contributed by atoms with Crippen molar-refractivity contribution in [3.8, 4) is 0 Å². The largest absolute Gasteiger partial charge is 0.0209 e. The van der Waals surface area contributed by atoms with Crippen molar-refractivity contribution in [1.82, 2.24) is 0 Å². The summed E-state index contributed by atoms with van der Waals surface area (Å²) in [5, 5.41) is 1.25. The van der Waals surface area contributed by atoms with E-state index in [1.807, 2.05) is 0 Å². The Balaban J connectivity index is 0. The zero-order valence-corrected chi connectivity index (χ0v) is 2.41. The van der Waals surface area contributed by atoms with Gasteiger partial charge in [0.05, 0.1) is 0 Å². The second-order valence-corrected chi connectivity index (χ2v) is 0.0583. The van der Waals surface area contributed by atoms with Crippen molar-refractivity contribution in [2.75, 3.05) is 0 Å². The van der Waals surface area contributed by atoms with Crippen LogP contribution in [-0.4, -0.2) is 0 Å². The van der Waals surface area contributed by atoms with E-state index in [1.165, 1.54) is 5.15 Å². The summed E-state index contributed by atoms with van der Waals surface area (Å²) in [6, 6.07) is 0. The molecule has 0 rings (SSSR count).